The number of carbonyl (C=O) groups excluding carboxylic acids is 1. The van der Waals surface area contributed by atoms with Crippen molar-refractivity contribution in [2.24, 2.45) is 0 Å². The third-order valence-corrected chi connectivity index (χ3v) is 2.75. The Balaban J connectivity index is 2.03. The summed E-state index contributed by atoms with van der Waals surface area (Å²) in [5, 5.41) is 2.87. The molecule has 0 fully saturated rings. The average molecular weight is 256 g/mol. The molecule has 0 spiro atoms. The molecule has 2 aromatic rings. The topological polar surface area (TPSA) is 51.2 Å². The summed E-state index contributed by atoms with van der Waals surface area (Å²) in [6.45, 7) is 2.28. The van der Waals surface area contributed by atoms with Crippen molar-refractivity contribution in [3.63, 3.8) is 0 Å². The molecule has 2 rings (SSSR count). The molecule has 1 aromatic heterocycles. The zero-order valence-corrected chi connectivity index (χ0v) is 11.0. The molecule has 0 radical (unpaired) electrons. The number of aryl methyl sites for hydroxylation is 1. The van der Waals surface area contributed by atoms with E-state index in [2.05, 4.69) is 10.3 Å². The maximum Gasteiger partial charge on any atom is 0.342 e. The number of pyridine rings is 1. The molecule has 0 aliphatic rings. The van der Waals surface area contributed by atoms with E-state index in [9.17, 15) is 4.79 Å². The number of hydrogen-bond acceptors (Lipinski definition) is 4. The lowest BCUT2D eigenvalue weighted by Gasteiger charge is -2.08. The standard InChI is InChI=1S/C15H16N2O2/c1-11-5-7-12(8-6-11)10-19-15(18)13-4-3-9-17-14(13)16-2/h3-9H,10H2,1-2H3,(H,16,17). The summed E-state index contributed by atoms with van der Waals surface area (Å²) in [6, 6.07) is 11.3. The number of hydrogen-bond donors (Lipinski definition) is 1. The Labute approximate surface area is 112 Å². The van der Waals surface area contributed by atoms with Crippen LogP contribution in [0, 0.1) is 6.92 Å². The Morgan fingerprint density at radius 3 is 2.68 bits per heavy atom. The highest BCUT2D eigenvalue weighted by molar-refractivity contribution is 5.94. The predicted octanol–water partition coefficient (Wildman–Crippen LogP) is 2.79. The van der Waals surface area contributed by atoms with E-state index >= 15 is 0 Å². The second-order valence-corrected chi connectivity index (χ2v) is 4.21. The summed E-state index contributed by atoms with van der Waals surface area (Å²) >= 11 is 0. The van der Waals surface area contributed by atoms with Crippen LogP contribution in [0.4, 0.5) is 5.82 Å². The number of nitrogens with one attached hydrogen (secondary N) is 1. The van der Waals surface area contributed by atoms with E-state index < -0.39 is 0 Å². The molecule has 1 N–H and O–H groups in total. The van der Waals surface area contributed by atoms with Gasteiger partial charge in [-0.25, -0.2) is 9.78 Å². The second kappa shape index (κ2) is 6.00. The first kappa shape index (κ1) is 13.1. The Hall–Kier alpha value is -2.36. The van der Waals surface area contributed by atoms with Crippen molar-refractivity contribution in [2.75, 3.05) is 12.4 Å². The highest BCUT2D eigenvalue weighted by atomic mass is 16.5. The van der Waals surface area contributed by atoms with Gasteiger partial charge in [0.25, 0.3) is 0 Å². The SMILES string of the molecule is CNc1ncccc1C(=O)OCc1ccc(C)cc1. The normalized spacial score (nSPS) is 10.0. The largest absolute Gasteiger partial charge is 0.457 e. The van der Waals surface area contributed by atoms with Crippen molar-refractivity contribution >= 4 is 11.8 Å². The number of nitrogens with zero attached hydrogens (tertiary/aromatic N) is 1. The van der Waals surface area contributed by atoms with Gasteiger partial charge in [-0.05, 0) is 24.6 Å². The van der Waals surface area contributed by atoms with Gasteiger partial charge in [-0.2, -0.15) is 0 Å². The Kier molecular flexibility index (Phi) is 4.13. The molecule has 0 saturated heterocycles. The van der Waals surface area contributed by atoms with E-state index in [-0.39, 0.29) is 12.6 Å². The van der Waals surface area contributed by atoms with Crippen molar-refractivity contribution in [3.05, 3.63) is 59.3 Å². The minimum atomic E-state index is -0.377. The van der Waals surface area contributed by atoms with Gasteiger partial charge in [0.1, 0.15) is 18.0 Å². The lowest BCUT2D eigenvalue weighted by Crippen LogP contribution is -2.09. The summed E-state index contributed by atoms with van der Waals surface area (Å²) in [5.41, 5.74) is 2.59. The minimum Gasteiger partial charge on any atom is -0.457 e. The Morgan fingerprint density at radius 2 is 2.00 bits per heavy atom. The number of ether oxygens (including phenoxy) is 1. The van der Waals surface area contributed by atoms with Gasteiger partial charge in [0.15, 0.2) is 0 Å². The molecule has 0 bridgehead atoms. The third-order valence-electron chi connectivity index (χ3n) is 2.75. The number of benzene rings is 1. The zero-order valence-electron chi connectivity index (χ0n) is 11.0. The molecule has 0 amide bonds. The average Bonchev–Trinajstić information content (AvgIpc) is 2.46. The highest BCUT2D eigenvalue weighted by Crippen LogP contribution is 2.13. The smallest absolute Gasteiger partial charge is 0.342 e. The molecule has 0 unspecified atom stereocenters. The summed E-state index contributed by atoms with van der Waals surface area (Å²) < 4.78 is 5.28. The molecular weight excluding hydrogens is 240 g/mol. The lowest BCUT2D eigenvalue weighted by atomic mass is 10.2. The monoisotopic (exact) mass is 256 g/mol. The van der Waals surface area contributed by atoms with Gasteiger partial charge in [-0.15, -0.1) is 0 Å². The van der Waals surface area contributed by atoms with Gasteiger partial charge >= 0.3 is 5.97 Å². The van der Waals surface area contributed by atoms with Crippen LogP contribution in [0.1, 0.15) is 21.5 Å². The predicted molar refractivity (Wildman–Crippen MR) is 74.1 cm³/mol. The maximum absolute atomic E-state index is 12.0. The second-order valence-electron chi connectivity index (χ2n) is 4.21. The van der Waals surface area contributed by atoms with Crippen LogP contribution in [0.25, 0.3) is 0 Å². The molecule has 1 aromatic carbocycles. The fourth-order valence-corrected chi connectivity index (χ4v) is 1.68. The van der Waals surface area contributed by atoms with E-state index in [0.717, 1.165) is 5.56 Å². The summed E-state index contributed by atoms with van der Waals surface area (Å²) in [4.78, 5) is 16.0. The van der Waals surface area contributed by atoms with E-state index in [1.165, 1.54) is 5.56 Å². The van der Waals surface area contributed by atoms with E-state index in [4.69, 9.17) is 4.74 Å². The van der Waals surface area contributed by atoms with Crippen LogP contribution >= 0.6 is 0 Å². The van der Waals surface area contributed by atoms with Gasteiger partial charge in [0.05, 0.1) is 0 Å². The van der Waals surface area contributed by atoms with E-state index in [1.807, 2.05) is 31.2 Å². The van der Waals surface area contributed by atoms with Crippen LogP contribution in [-0.4, -0.2) is 18.0 Å². The molecule has 4 heteroatoms. The first-order valence-electron chi connectivity index (χ1n) is 6.06. The Morgan fingerprint density at radius 1 is 1.26 bits per heavy atom. The molecule has 0 aliphatic carbocycles. The molecule has 0 atom stereocenters. The van der Waals surface area contributed by atoms with Crippen molar-refractivity contribution < 1.29 is 9.53 Å². The van der Waals surface area contributed by atoms with Crippen LogP contribution in [0.5, 0.6) is 0 Å². The first-order valence-corrected chi connectivity index (χ1v) is 6.06. The molecule has 4 nitrogen and oxygen atoms in total. The maximum atomic E-state index is 12.0. The van der Waals surface area contributed by atoms with Gasteiger partial charge in [-0.1, -0.05) is 29.8 Å². The molecule has 0 saturated carbocycles. The number of aromatic nitrogens is 1. The van der Waals surface area contributed by atoms with Crippen LogP contribution in [0.15, 0.2) is 42.6 Å². The Bertz CT molecular complexity index is 565. The van der Waals surface area contributed by atoms with Gasteiger partial charge in [0.2, 0.25) is 0 Å². The number of anilines is 1. The minimum absolute atomic E-state index is 0.261. The van der Waals surface area contributed by atoms with Gasteiger partial charge < -0.3 is 10.1 Å². The van der Waals surface area contributed by atoms with Gasteiger partial charge in [-0.3, -0.25) is 0 Å². The molecule has 1 heterocycles. The number of carbonyl (C=O) groups is 1. The highest BCUT2D eigenvalue weighted by Gasteiger charge is 2.12. The molecular formula is C15H16N2O2. The van der Waals surface area contributed by atoms with E-state index in [1.54, 1.807) is 25.4 Å². The zero-order chi connectivity index (χ0) is 13.7. The quantitative estimate of drug-likeness (QED) is 0.855. The first-order chi connectivity index (χ1) is 9.20. The summed E-state index contributed by atoms with van der Waals surface area (Å²) in [6.07, 6.45) is 1.63. The fraction of sp³-hybridized carbons (Fsp3) is 0.200. The van der Waals surface area contributed by atoms with Crippen molar-refractivity contribution in [1.29, 1.82) is 0 Å². The summed E-state index contributed by atoms with van der Waals surface area (Å²) in [5.74, 6) is 0.148. The van der Waals surface area contributed by atoms with Crippen molar-refractivity contribution in [2.45, 2.75) is 13.5 Å². The van der Waals surface area contributed by atoms with Crippen molar-refractivity contribution in [3.8, 4) is 0 Å². The third kappa shape index (κ3) is 3.31. The number of rotatable bonds is 4. The van der Waals surface area contributed by atoms with Crippen molar-refractivity contribution in [1.82, 2.24) is 4.98 Å². The van der Waals surface area contributed by atoms with Crippen LogP contribution in [0.3, 0.4) is 0 Å². The lowest BCUT2D eigenvalue weighted by molar-refractivity contribution is 0.0473. The fourth-order valence-electron chi connectivity index (χ4n) is 1.68. The van der Waals surface area contributed by atoms with Crippen LogP contribution < -0.4 is 5.32 Å². The van der Waals surface area contributed by atoms with Gasteiger partial charge in [0, 0.05) is 13.2 Å². The van der Waals surface area contributed by atoms with Crippen LogP contribution in [0.2, 0.25) is 0 Å². The molecule has 19 heavy (non-hydrogen) atoms. The number of esters is 1. The van der Waals surface area contributed by atoms with Crippen LogP contribution in [-0.2, 0) is 11.3 Å². The molecule has 98 valence electrons. The molecule has 0 aliphatic heterocycles. The summed E-state index contributed by atoms with van der Waals surface area (Å²) in [7, 11) is 1.72. The van der Waals surface area contributed by atoms with E-state index in [0.29, 0.717) is 11.4 Å².